The predicted octanol–water partition coefficient (Wildman–Crippen LogP) is 3.43. The summed E-state index contributed by atoms with van der Waals surface area (Å²) in [5, 5.41) is 10.6. The van der Waals surface area contributed by atoms with E-state index < -0.39 is 28.6 Å². The van der Waals surface area contributed by atoms with Crippen molar-refractivity contribution in [3.05, 3.63) is 40.8 Å². The van der Waals surface area contributed by atoms with E-state index in [0.29, 0.717) is 0 Å². The second-order valence-electron chi connectivity index (χ2n) is 3.40. The Morgan fingerprint density at radius 2 is 2.06 bits per heavy atom. The van der Waals surface area contributed by atoms with Gasteiger partial charge in [0.05, 0.1) is 4.92 Å². The Hall–Kier alpha value is -1.79. The molecule has 0 saturated carbocycles. The number of hydrogen-bond donors (Lipinski definition) is 0. The summed E-state index contributed by atoms with van der Waals surface area (Å²) in [6.45, 7) is 5.05. The molecule has 0 spiro atoms. The summed E-state index contributed by atoms with van der Waals surface area (Å²) in [5.74, 6) is -1.36. The van der Waals surface area contributed by atoms with Gasteiger partial charge in [-0.15, -0.1) is 13.2 Å². The Morgan fingerprint density at radius 1 is 1.47 bits per heavy atom. The fourth-order valence-corrected chi connectivity index (χ4v) is 1.30. The first-order valence-corrected chi connectivity index (χ1v) is 4.58. The Kier molecular flexibility index (Phi) is 3.59. The number of nitro groups is 1. The lowest BCUT2D eigenvalue weighted by Gasteiger charge is -2.15. The Morgan fingerprint density at radius 3 is 2.47 bits per heavy atom. The molecule has 7 heteroatoms. The van der Waals surface area contributed by atoms with Crippen LogP contribution in [0.4, 0.5) is 18.9 Å². The van der Waals surface area contributed by atoms with Gasteiger partial charge in [-0.25, -0.2) is 0 Å². The Bertz CT molecular complexity index is 429. The number of halogens is 3. The number of alkyl halides is 3. The van der Waals surface area contributed by atoms with E-state index in [4.69, 9.17) is 0 Å². The van der Waals surface area contributed by atoms with Crippen LogP contribution in [-0.2, 0) is 0 Å². The van der Waals surface area contributed by atoms with E-state index in [2.05, 4.69) is 11.7 Å². The minimum absolute atomic E-state index is 0.0384. The van der Waals surface area contributed by atoms with Crippen LogP contribution in [0.1, 0.15) is 18.4 Å². The van der Waals surface area contributed by atoms with Crippen molar-refractivity contribution in [1.82, 2.24) is 0 Å². The largest absolute Gasteiger partial charge is 0.573 e. The van der Waals surface area contributed by atoms with E-state index in [-0.39, 0.29) is 5.56 Å². The second kappa shape index (κ2) is 4.60. The predicted molar refractivity (Wildman–Crippen MR) is 53.6 cm³/mol. The number of nitrogens with zero attached hydrogens (tertiary/aromatic N) is 1. The lowest BCUT2D eigenvalue weighted by molar-refractivity contribution is -0.388. The van der Waals surface area contributed by atoms with Crippen molar-refractivity contribution in [3.63, 3.8) is 0 Å². The van der Waals surface area contributed by atoms with Crippen LogP contribution in [0, 0.1) is 17.0 Å². The summed E-state index contributed by atoms with van der Waals surface area (Å²) in [5.41, 5.74) is -0.688. The van der Waals surface area contributed by atoms with E-state index in [1.54, 1.807) is 0 Å². The van der Waals surface area contributed by atoms with Crippen LogP contribution >= 0.6 is 0 Å². The third kappa shape index (κ3) is 3.33. The minimum Gasteiger partial charge on any atom is -0.398 e. The fraction of sp³-hybridized carbons (Fsp3) is 0.300. The summed E-state index contributed by atoms with van der Waals surface area (Å²) >= 11 is 0. The molecule has 0 aliphatic carbocycles. The van der Waals surface area contributed by atoms with Gasteiger partial charge in [0.2, 0.25) is 5.75 Å². The molecule has 0 aromatic heterocycles. The zero-order chi connectivity index (χ0) is 13.2. The van der Waals surface area contributed by atoms with E-state index in [9.17, 15) is 23.3 Å². The van der Waals surface area contributed by atoms with E-state index in [0.717, 1.165) is 6.07 Å². The smallest absolute Gasteiger partial charge is 0.398 e. The van der Waals surface area contributed by atoms with Gasteiger partial charge in [0.25, 0.3) is 0 Å². The van der Waals surface area contributed by atoms with Crippen molar-refractivity contribution >= 4 is 5.69 Å². The van der Waals surface area contributed by atoms with Crippen molar-refractivity contribution in [2.75, 3.05) is 0 Å². The average Bonchev–Trinajstić information content (AvgIpc) is 2.14. The molecule has 17 heavy (non-hydrogen) atoms. The molecule has 0 amide bonds. The topological polar surface area (TPSA) is 52.4 Å². The van der Waals surface area contributed by atoms with Gasteiger partial charge in [-0.3, -0.25) is 10.1 Å². The molecule has 0 aliphatic heterocycles. The van der Waals surface area contributed by atoms with Gasteiger partial charge in [-0.2, -0.15) is 0 Å². The van der Waals surface area contributed by atoms with Crippen LogP contribution in [0.2, 0.25) is 0 Å². The zero-order valence-corrected chi connectivity index (χ0v) is 8.82. The molecule has 0 saturated heterocycles. The maximum atomic E-state index is 12.2. The molecule has 0 N–H and O–H groups in total. The highest BCUT2D eigenvalue weighted by atomic mass is 19.4. The zero-order valence-electron chi connectivity index (χ0n) is 8.82. The molecule has 4 nitrogen and oxygen atoms in total. The molecule has 1 rings (SSSR count). The van der Waals surface area contributed by atoms with Crippen LogP contribution in [0.15, 0.2) is 18.2 Å². The van der Waals surface area contributed by atoms with Gasteiger partial charge < -0.3 is 4.74 Å². The van der Waals surface area contributed by atoms with Gasteiger partial charge in [0, 0.05) is 11.6 Å². The molecular formula is C10H9F3NO3. The molecule has 93 valence electrons. The molecule has 1 atom stereocenters. The first-order valence-electron chi connectivity index (χ1n) is 4.58. The number of benzene rings is 1. The van der Waals surface area contributed by atoms with Crippen molar-refractivity contribution in [3.8, 4) is 5.75 Å². The molecule has 0 fully saturated rings. The number of nitro benzene ring substituents is 1. The second-order valence-corrected chi connectivity index (χ2v) is 3.40. The normalized spacial score (nSPS) is 11.6. The molecule has 0 bridgehead atoms. The lowest BCUT2D eigenvalue weighted by atomic mass is 10.0. The first kappa shape index (κ1) is 13.3. The molecule has 1 aromatic carbocycles. The van der Waals surface area contributed by atoms with Crippen LogP contribution in [-0.4, -0.2) is 11.3 Å². The SMILES string of the molecule is [CH2]C(C)c1cccc([N+](=O)[O-])c1OC(F)(F)F. The molecule has 0 aliphatic rings. The number of hydrogen-bond acceptors (Lipinski definition) is 3. The fourth-order valence-electron chi connectivity index (χ4n) is 1.30. The summed E-state index contributed by atoms with van der Waals surface area (Å²) in [4.78, 5) is 9.70. The van der Waals surface area contributed by atoms with Crippen LogP contribution in [0.25, 0.3) is 0 Å². The molecule has 1 aromatic rings. The van der Waals surface area contributed by atoms with Crippen molar-refractivity contribution in [2.24, 2.45) is 0 Å². The molecule has 1 radical (unpaired) electrons. The molecule has 1 unspecified atom stereocenters. The van der Waals surface area contributed by atoms with Gasteiger partial charge in [-0.05, 0) is 12.8 Å². The average molecular weight is 248 g/mol. The Labute approximate surface area is 95.2 Å². The first-order chi connectivity index (χ1) is 7.72. The van der Waals surface area contributed by atoms with Crippen LogP contribution < -0.4 is 4.74 Å². The number of ether oxygens (including phenoxy) is 1. The highest BCUT2D eigenvalue weighted by molar-refractivity contribution is 5.53. The number of para-hydroxylation sites is 1. The highest BCUT2D eigenvalue weighted by Crippen LogP contribution is 2.38. The maximum absolute atomic E-state index is 12.2. The van der Waals surface area contributed by atoms with Crippen molar-refractivity contribution in [1.29, 1.82) is 0 Å². The van der Waals surface area contributed by atoms with E-state index in [1.807, 2.05) is 0 Å². The quantitative estimate of drug-likeness (QED) is 0.608. The molecular weight excluding hydrogens is 239 g/mol. The third-order valence-corrected chi connectivity index (χ3v) is 1.97. The monoisotopic (exact) mass is 248 g/mol. The highest BCUT2D eigenvalue weighted by Gasteiger charge is 2.36. The summed E-state index contributed by atoms with van der Waals surface area (Å²) in [7, 11) is 0. The molecule has 0 heterocycles. The lowest BCUT2D eigenvalue weighted by Crippen LogP contribution is -2.19. The summed E-state index contributed by atoms with van der Waals surface area (Å²) < 4.78 is 40.2. The number of rotatable bonds is 3. The van der Waals surface area contributed by atoms with Crippen molar-refractivity contribution < 1.29 is 22.8 Å². The van der Waals surface area contributed by atoms with Crippen LogP contribution in [0.3, 0.4) is 0 Å². The van der Waals surface area contributed by atoms with Gasteiger partial charge >= 0.3 is 12.0 Å². The van der Waals surface area contributed by atoms with E-state index in [1.165, 1.54) is 19.1 Å². The minimum atomic E-state index is -4.98. The van der Waals surface area contributed by atoms with Gasteiger partial charge in [-0.1, -0.05) is 19.1 Å². The van der Waals surface area contributed by atoms with E-state index >= 15 is 0 Å². The summed E-state index contributed by atoms with van der Waals surface area (Å²) in [6, 6.07) is 3.55. The third-order valence-electron chi connectivity index (χ3n) is 1.97. The standard InChI is InChI=1S/C10H9F3NO3/c1-6(2)7-4-3-5-8(14(15)16)9(7)17-10(11,12)13/h3-6H,1H2,2H3. The van der Waals surface area contributed by atoms with Crippen molar-refractivity contribution in [2.45, 2.75) is 19.2 Å². The van der Waals surface area contributed by atoms with Crippen LogP contribution in [0.5, 0.6) is 5.75 Å². The maximum Gasteiger partial charge on any atom is 0.573 e. The Balaban J connectivity index is 3.34. The van der Waals surface area contributed by atoms with Gasteiger partial charge in [0.1, 0.15) is 0 Å². The summed E-state index contributed by atoms with van der Waals surface area (Å²) in [6.07, 6.45) is -4.98. The van der Waals surface area contributed by atoms with Gasteiger partial charge in [0.15, 0.2) is 0 Å².